The lowest BCUT2D eigenvalue weighted by Crippen LogP contribution is -2.23. The summed E-state index contributed by atoms with van der Waals surface area (Å²) in [7, 11) is 0. The Labute approximate surface area is 101 Å². The number of hydrogen-bond acceptors (Lipinski definition) is 5. The Hall–Kier alpha value is -2.70. The van der Waals surface area contributed by atoms with E-state index < -0.39 is 0 Å². The lowest BCUT2D eigenvalue weighted by Gasteiger charge is -2.02. The number of aromatic amines is 1. The minimum Gasteiger partial charge on any atom is -0.447 e. The number of H-pyrrole nitrogens is 1. The zero-order valence-corrected chi connectivity index (χ0v) is 9.25. The number of oxazole rings is 1. The number of carbonyl (C=O) groups is 1. The summed E-state index contributed by atoms with van der Waals surface area (Å²) in [5.74, 6) is 0.219. The molecule has 1 amide bonds. The van der Waals surface area contributed by atoms with Gasteiger partial charge < -0.3 is 14.7 Å². The highest BCUT2D eigenvalue weighted by Crippen LogP contribution is 2.08. The summed E-state index contributed by atoms with van der Waals surface area (Å²) in [5.41, 5.74) is 1.76. The molecule has 0 aliphatic rings. The van der Waals surface area contributed by atoms with Gasteiger partial charge in [0.15, 0.2) is 5.65 Å². The maximum absolute atomic E-state index is 11.9. The molecule has 90 valence electrons. The average Bonchev–Trinajstić information content (AvgIpc) is 3.05. The third-order valence-electron chi connectivity index (χ3n) is 2.42. The molecule has 3 aromatic rings. The van der Waals surface area contributed by atoms with Gasteiger partial charge in [-0.2, -0.15) is 0 Å². The smallest absolute Gasteiger partial charge is 0.253 e. The second-order valence-electron chi connectivity index (χ2n) is 3.61. The number of fused-ring (bicyclic) bond motifs is 1. The molecule has 0 saturated carbocycles. The Kier molecular flexibility index (Phi) is 2.49. The van der Waals surface area contributed by atoms with E-state index in [1.807, 2.05) is 0 Å². The van der Waals surface area contributed by atoms with E-state index in [-0.39, 0.29) is 12.5 Å². The molecule has 0 aliphatic heterocycles. The molecule has 7 heteroatoms. The number of aromatic nitrogens is 4. The standard InChI is InChI=1S/C11H9N5O2/c17-11(14-5-9-12-1-2-18-9)7-3-8-10(13-4-7)16-6-15-8/h1-4,6H,5H2,(H,14,17)(H,13,15,16). The van der Waals surface area contributed by atoms with E-state index in [0.29, 0.717) is 17.1 Å². The number of nitrogens with zero attached hydrogens (tertiary/aromatic N) is 3. The van der Waals surface area contributed by atoms with Gasteiger partial charge in [-0.3, -0.25) is 4.79 Å². The Morgan fingerprint density at radius 3 is 3.17 bits per heavy atom. The van der Waals surface area contributed by atoms with Crippen LogP contribution in [0.5, 0.6) is 0 Å². The van der Waals surface area contributed by atoms with Gasteiger partial charge in [0.1, 0.15) is 6.26 Å². The lowest BCUT2D eigenvalue weighted by atomic mass is 10.2. The summed E-state index contributed by atoms with van der Waals surface area (Å²) in [6.07, 6.45) is 6.00. The van der Waals surface area contributed by atoms with Gasteiger partial charge in [-0.25, -0.2) is 15.0 Å². The number of nitrogens with one attached hydrogen (secondary N) is 2. The van der Waals surface area contributed by atoms with E-state index in [9.17, 15) is 4.79 Å². The van der Waals surface area contributed by atoms with Crippen molar-refractivity contribution in [2.24, 2.45) is 0 Å². The highest BCUT2D eigenvalue weighted by molar-refractivity contribution is 5.96. The van der Waals surface area contributed by atoms with Gasteiger partial charge in [0.25, 0.3) is 5.91 Å². The Bertz CT molecular complexity index is 674. The fourth-order valence-corrected chi connectivity index (χ4v) is 1.55. The van der Waals surface area contributed by atoms with Crippen LogP contribution in [-0.2, 0) is 6.54 Å². The molecule has 7 nitrogen and oxygen atoms in total. The van der Waals surface area contributed by atoms with Gasteiger partial charge in [-0.1, -0.05) is 0 Å². The van der Waals surface area contributed by atoms with E-state index in [1.165, 1.54) is 25.0 Å². The first kappa shape index (κ1) is 10.5. The van der Waals surface area contributed by atoms with Crippen molar-refractivity contribution in [2.45, 2.75) is 6.54 Å². The van der Waals surface area contributed by atoms with E-state index in [0.717, 1.165) is 5.52 Å². The molecule has 0 aromatic carbocycles. The highest BCUT2D eigenvalue weighted by atomic mass is 16.3. The molecule has 0 atom stereocenters. The molecular formula is C11H9N5O2. The molecule has 2 N–H and O–H groups in total. The number of amides is 1. The van der Waals surface area contributed by atoms with Crippen LogP contribution in [0.25, 0.3) is 11.2 Å². The second-order valence-corrected chi connectivity index (χ2v) is 3.61. The predicted octanol–water partition coefficient (Wildman–Crippen LogP) is 0.876. The van der Waals surface area contributed by atoms with E-state index in [2.05, 4.69) is 25.3 Å². The molecular weight excluding hydrogens is 234 g/mol. The SMILES string of the molecule is O=C(NCc1ncco1)c1cnc2nc[nH]c2c1. The summed E-state index contributed by atoms with van der Waals surface area (Å²) in [6, 6.07) is 1.69. The average molecular weight is 243 g/mol. The summed E-state index contributed by atoms with van der Waals surface area (Å²) < 4.78 is 5.02. The number of rotatable bonds is 3. The quantitative estimate of drug-likeness (QED) is 0.711. The first-order chi connectivity index (χ1) is 8.83. The van der Waals surface area contributed by atoms with Crippen LogP contribution in [0.15, 0.2) is 35.5 Å². The van der Waals surface area contributed by atoms with Gasteiger partial charge in [0.2, 0.25) is 5.89 Å². The van der Waals surface area contributed by atoms with Gasteiger partial charge >= 0.3 is 0 Å². The van der Waals surface area contributed by atoms with Crippen LogP contribution in [-0.4, -0.2) is 25.8 Å². The fraction of sp³-hybridized carbons (Fsp3) is 0.0909. The number of imidazole rings is 1. The minimum atomic E-state index is -0.239. The molecule has 0 bridgehead atoms. The van der Waals surface area contributed by atoms with Gasteiger partial charge in [0, 0.05) is 6.20 Å². The molecule has 0 unspecified atom stereocenters. The first-order valence-corrected chi connectivity index (χ1v) is 5.28. The van der Waals surface area contributed by atoms with Crippen LogP contribution in [0.1, 0.15) is 16.2 Å². The van der Waals surface area contributed by atoms with Crippen molar-refractivity contribution in [2.75, 3.05) is 0 Å². The molecule has 0 fully saturated rings. The fourth-order valence-electron chi connectivity index (χ4n) is 1.55. The maximum atomic E-state index is 11.9. The maximum Gasteiger partial charge on any atom is 0.253 e. The summed E-state index contributed by atoms with van der Waals surface area (Å²) in [4.78, 5) is 26.7. The van der Waals surface area contributed by atoms with Gasteiger partial charge in [-0.15, -0.1) is 0 Å². The number of hydrogen-bond donors (Lipinski definition) is 2. The van der Waals surface area contributed by atoms with Crippen molar-refractivity contribution in [1.82, 2.24) is 25.3 Å². The monoisotopic (exact) mass is 243 g/mol. The predicted molar refractivity (Wildman–Crippen MR) is 61.6 cm³/mol. The lowest BCUT2D eigenvalue weighted by molar-refractivity contribution is 0.0947. The summed E-state index contributed by atoms with van der Waals surface area (Å²) in [5, 5.41) is 2.69. The summed E-state index contributed by atoms with van der Waals surface area (Å²) >= 11 is 0. The zero-order valence-electron chi connectivity index (χ0n) is 9.25. The Balaban J connectivity index is 1.75. The molecule has 0 saturated heterocycles. The van der Waals surface area contributed by atoms with Crippen molar-refractivity contribution >= 4 is 17.1 Å². The minimum absolute atomic E-state index is 0.239. The van der Waals surface area contributed by atoms with Crippen LogP contribution in [0.2, 0.25) is 0 Å². The second kappa shape index (κ2) is 4.28. The molecule has 0 spiro atoms. The molecule has 3 rings (SSSR count). The Morgan fingerprint density at radius 1 is 1.39 bits per heavy atom. The Morgan fingerprint density at radius 2 is 2.33 bits per heavy atom. The van der Waals surface area contributed by atoms with Gasteiger partial charge in [0.05, 0.1) is 30.1 Å². The highest BCUT2D eigenvalue weighted by Gasteiger charge is 2.09. The van der Waals surface area contributed by atoms with Crippen molar-refractivity contribution in [3.63, 3.8) is 0 Å². The molecule has 0 aliphatic carbocycles. The molecule has 0 radical (unpaired) electrons. The molecule has 3 aromatic heterocycles. The van der Waals surface area contributed by atoms with E-state index in [1.54, 1.807) is 6.07 Å². The molecule has 18 heavy (non-hydrogen) atoms. The van der Waals surface area contributed by atoms with E-state index >= 15 is 0 Å². The van der Waals surface area contributed by atoms with Crippen molar-refractivity contribution in [3.8, 4) is 0 Å². The third kappa shape index (κ3) is 1.93. The molecule has 3 heterocycles. The van der Waals surface area contributed by atoms with Crippen LogP contribution in [0, 0.1) is 0 Å². The first-order valence-electron chi connectivity index (χ1n) is 5.28. The van der Waals surface area contributed by atoms with Crippen molar-refractivity contribution in [3.05, 3.63) is 42.5 Å². The van der Waals surface area contributed by atoms with Crippen molar-refractivity contribution < 1.29 is 9.21 Å². The van der Waals surface area contributed by atoms with Crippen LogP contribution < -0.4 is 5.32 Å². The van der Waals surface area contributed by atoms with E-state index in [4.69, 9.17) is 4.42 Å². The normalized spacial score (nSPS) is 10.7. The van der Waals surface area contributed by atoms with Crippen LogP contribution in [0.3, 0.4) is 0 Å². The summed E-state index contributed by atoms with van der Waals surface area (Å²) in [6.45, 7) is 0.243. The third-order valence-corrected chi connectivity index (χ3v) is 2.42. The number of pyridine rings is 1. The van der Waals surface area contributed by atoms with Gasteiger partial charge in [-0.05, 0) is 6.07 Å². The zero-order chi connectivity index (χ0) is 12.4. The topological polar surface area (TPSA) is 96.7 Å². The largest absolute Gasteiger partial charge is 0.447 e. The van der Waals surface area contributed by atoms with Crippen LogP contribution in [0.4, 0.5) is 0 Å². The number of carbonyl (C=O) groups excluding carboxylic acids is 1. The van der Waals surface area contributed by atoms with Crippen molar-refractivity contribution in [1.29, 1.82) is 0 Å². The van der Waals surface area contributed by atoms with Crippen LogP contribution >= 0.6 is 0 Å².